The third-order valence-electron chi connectivity index (χ3n) is 3.25. The van der Waals surface area contributed by atoms with Crippen LogP contribution in [0, 0.1) is 19.8 Å². The fourth-order valence-corrected chi connectivity index (χ4v) is 1.82. The maximum atomic E-state index is 10.0. The zero-order valence-corrected chi connectivity index (χ0v) is 10.4. The van der Waals surface area contributed by atoms with Crippen LogP contribution in [-0.4, -0.2) is 11.2 Å². The maximum Gasteiger partial charge on any atom is 0.0628 e. The summed E-state index contributed by atoms with van der Waals surface area (Å²) in [4.78, 5) is 0. The van der Waals surface area contributed by atoms with Gasteiger partial charge < -0.3 is 5.11 Å². The molecule has 1 heteroatoms. The lowest BCUT2D eigenvalue weighted by atomic mass is 9.87. The van der Waals surface area contributed by atoms with Crippen LogP contribution in [0.4, 0.5) is 0 Å². The van der Waals surface area contributed by atoms with E-state index in [0.717, 1.165) is 0 Å². The molecule has 0 saturated heterocycles. The molecular formula is C14H22O. The molecule has 1 nitrogen and oxygen atoms in total. The Morgan fingerprint density at radius 1 is 1.00 bits per heavy atom. The lowest BCUT2D eigenvalue weighted by Crippen LogP contribution is -2.22. The van der Waals surface area contributed by atoms with Crippen LogP contribution in [-0.2, 0) is 0 Å². The molecule has 0 radical (unpaired) electrons. The monoisotopic (exact) mass is 206 g/mol. The maximum absolute atomic E-state index is 10.0. The van der Waals surface area contributed by atoms with Crippen molar-refractivity contribution >= 4 is 0 Å². The van der Waals surface area contributed by atoms with Crippen molar-refractivity contribution in [3.63, 3.8) is 0 Å². The van der Waals surface area contributed by atoms with Crippen LogP contribution in [0.1, 0.15) is 43.4 Å². The summed E-state index contributed by atoms with van der Waals surface area (Å²) >= 11 is 0. The molecule has 0 aliphatic rings. The van der Waals surface area contributed by atoms with E-state index in [1.807, 2.05) is 0 Å². The van der Waals surface area contributed by atoms with Gasteiger partial charge in [-0.05, 0) is 36.5 Å². The van der Waals surface area contributed by atoms with Crippen LogP contribution >= 0.6 is 0 Å². The van der Waals surface area contributed by atoms with E-state index in [9.17, 15) is 5.11 Å². The number of hydrogen-bond acceptors (Lipinski definition) is 1. The van der Waals surface area contributed by atoms with Crippen LogP contribution in [0.5, 0.6) is 0 Å². The van der Waals surface area contributed by atoms with Gasteiger partial charge in [-0.15, -0.1) is 0 Å². The molecule has 0 aliphatic carbocycles. The lowest BCUT2D eigenvalue weighted by Gasteiger charge is -2.23. The highest BCUT2D eigenvalue weighted by Gasteiger charge is 2.19. The summed E-state index contributed by atoms with van der Waals surface area (Å²) in [5.41, 5.74) is 3.85. The second kappa shape index (κ2) is 4.80. The summed E-state index contributed by atoms with van der Waals surface area (Å²) in [6.07, 6.45) is -0.257. The highest BCUT2D eigenvalue weighted by Crippen LogP contribution is 2.25. The third-order valence-corrected chi connectivity index (χ3v) is 3.25. The van der Waals surface area contributed by atoms with Crippen LogP contribution in [0.25, 0.3) is 0 Å². The minimum Gasteiger partial charge on any atom is -0.392 e. The Labute approximate surface area is 93.1 Å². The van der Waals surface area contributed by atoms with E-state index >= 15 is 0 Å². The summed E-state index contributed by atoms with van der Waals surface area (Å²) in [5, 5.41) is 10.0. The van der Waals surface area contributed by atoms with E-state index in [1.54, 1.807) is 0 Å². The number of aliphatic hydroxyl groups is 1. The first kappa shape index (κ1) is 12.3. The second-order valence-electron chi connectivity index (χ2n) is 4.87. The number of aliphatic hydroxyl groups excluding tert-OH is 1. The molecule has 2 atom stereocenters. The minimum absolute atomic E-state index is 0.212. The Morgan fingerprint density at radius 2 is 1.60 bits per heavy atom. The Morgan fingerprint density at radius 3 is 2.07 bits per heavy atom. The van der Waals surface area contributed by atoms with Gasteiger partial charge in [-0.1, -0.05) is 39.0 Å². The van der Waals surface area contributed by atoms with Gasteiger partial charge in [-0.3, -0.25) is 0 Å². The highest BCUT2D eigenvalue weighted by atomic mass is 16.3. The summed E-state index contributed by atoms with van der Waals surface area (Å²) in [5.74, 6) is 0.519. The average Bonchev–Trinajstić information content (AvgIpc) is 2.19. The molecule has 1 rings (SSSR count). The molecule has 0 aliphatic heterocycles. The standard InChI is InChI=1S/C14H22O/c1-9(2)14(15)12(5)13-7-6-10(3)11(4)8-13/h6-9,12,14-15H,1-5H3. The first-order valence-corrected chi connectivity index (χ1v) is 5.68. The zero-order chi connectivity index (χ0) is 11.6. The Hall–Kier alpha value is -0.820. The van der Waals surface area contributed by atoms with E-state index in [2.05, 4.69) is 52.8 Å². The molecule has 0 amide bonds. The molecule has 0 spiro atoms. The van der Waals surface area contributed by atoms with Crippen molar-refractivity contribution in [2.45, 2.75) is 46.6 Å². The largest absolute Gasteiger partial charge is 0.392 e. The molecule has 2 unspecified atom stereocenters. The van der Waals surface area contributed by atoms with E-state index in [1.165, 1.54) is 16.7 Å². The van der Waals surface area contributed by atoms with Crippen molar-refractivity contribution in [2.24, 2.45) is 5.92 Å². The van der Waals surface area contributed by atoms with Gasteiger partial charge in [0.25, 0.3) is 0 Å². The van der Waals surface area contributed by atoms with Crippen LogP contribution in [0.2, 0.25) is 0 Å². The summed E-state index contributed by atoms with van der Waals surface area (Å²) in [6, 6.07) is 6.44. The SMILES string of the molecule is Cc1ccc(C(C)C(O)C(C)C)cc1C. The van der Waals surface area contributed by atoms with Crippen molar-refractivity contribution in [1.82, 2.24) is 0 Å². The van der Waals surface area contributed by atoms with Gasteiger partial charge >= 0.3 is 0 Å². The topological polar surface area (TPSA) is 20.2 Å². The average molecular weight is 206 g/mol. The molecule has 0 heterocycles. The Kier molecular flexibility index (Phi) is 3.92. The Bertz CT molecular complexity index is 328. The first-order chi connectivity index (χ1) is 6.93. The van der Waals surface area contributed by atoms with Crippen LogP contribution in [0.3, 0.4) is 0 Å². The summed E-state index contributed by atoms with van der Waals surface area (Å²) in [7, 11) is 0. The van der Waals surface area contributed by atoms with Gasteiger partial charge in [0.1, 0.15) is 0 Å². The van der Waals surface area contributed by atoms with Gasteiger partial charge in [-0.2, -0.15) is 0 Å². The fourth-order valence-electron chi connectivity index (χ4n) is 1.82. The molecule has 0 fully saturated rings. The molecule has 1 aromatic rings. The predicted molar refractivity (Wildman–Crippen MR) is 65.2 cm³/mol. The lowest BCUT2D eigenvalue weighted by molar-refractivity contribution is 0.102. The van der Waals surface area contributed by atoms with Crippen LogP contribution in [0.15, 0.2) is 18.2 Å². The number of benzene rings is 1. The van der Waals surface area contributed by atoms with Crippen molar-refractivity contribution < 1.29 is 5.11 Å². The first-order valence-electron chi connectivity index (χ1n) is 5.68. The van der Waals surface area contributed by atoms with Gasteiger partial charge in [-0.25, -0.2) is 0 Å². The van der Waals surface area contributed by atoms with Gasteiger partial charge in [0.2, 0.25) is 0 Å². The molecule has 1 N–H and O–H groups in total. The van der Waals surface area contributed by atoms with E-state index in [4.69, 9.17) is 0 Å². The molecule has 15 heavy (non-hydrogen) atoms. The number of rotatable bonds is 3. The van der Waals surface area contributed by atoms with Crippen molar-refractivity contribution in [1.29, 1.82) is 0 Å². The molecular weight excluding hydrogens is 184 g/mol. The quantitative estimate of drug-likeness (QED) is 0.803. The molecule has 84 valence electrons. The summed E-state index contributed by atoms with van der Waals surface area (Å²) in [6.45, 7) is 10.4. The highest BCUT2D eigenvalue weighted by molar-refractivity contribution is 5.32. The second-order valence-corrected chi connectivity index (χ2v) is 4.87. The number of hydrogen-bond donors (Lipinski definition) is 1. The van der Waals surface area contributed by atoms with Crippen molar-refractivity contribution in [3.8, 4) is 0 Å². The van der Waals surface area contributed by atoms with Crippen molar-refractivity contribution in [2.75, 3.05) is 0 Å². The predicted octanol–water partition coefficient (Wildman–Crippen LogP) is 3.42. The third kappa shape index (κ3) is 2.82. The molecule has 0 saturated carbocycles. The molecule has 0 bridgehead atoms. The van der Waals surface area contributed by atoms with Crippen molar-refractivity contribution in [3.05, 3.63) is 34.9 Å². The smallest absolute Gasteiger partial charge is 0.0628 e. The van der Waals surface area contributed by atoms with Gasteiger partial charge in [0.05, 0.1) is 6.10 Å². The Balaban J connectivity index is 2.91. The molecule has 1 aromatic carbocycles. The van der Waals surface area contributed by atoms with Crippen LogP contribution < -0.4 is 0 Å². The van der Waals surface area contributed by atoms with Gasteiger partial charge in [0, 0.05) is 5.92 Å². The normalized spacial score (nSPS) is 15.4. The fraction of sp³-hybridized carbons (Fsp3) is 0.571. The summed E-state index contributed by atoms with van der Waals surface area (Å²) < 4.78 is 0. The minimum atomic E-state index is -0.257. The molecule has 0 aromatic heterocycles. The van der Waals surface area contributed by atoms with E-state index in [-0.39, 0.29) is 12.0 Å². The zero-order valence-electron chi connectivity index (χ0n) is 10.4. The van der Waals surface area contributed by atoms with E-state index in [0.29, 0.717) is 5.92 Å². The number of aryl methyl sites for hydroxylation is 2. The van der Waals surface area contributed by atoms with E-state index < -0.39 is 0 Å². The van der Waals surface area contributed by atoms with Gasteiger partial charge in [0.15, 0.2) is 0 Å².